The Morgan fingerprint density at radius 1 is 1.43 bits per heavy atom. The van der Waals surface area contributed by atoms with Gasteiger partial charge in [0.1, 0.15) is 12.2 Å². The number of carbonyl (C=O) groups excluding carboxylic acids is 1. The first kappa shape index (κ1) is 15.7. The van der Waals surface area contributed by atoms with E-state index in [1.807, 2.05) is 13.8 Å². The number of likely N-dealkylation sites (N-methyl/N-ethyl adjacent to an activating group) is 1. The van der Waals surface area contributed by atoms with E-state index in [2.05, 4.69) is 25.4 Å². The van der Waals surface area contributed by atoms with Crippen LogP contribution in [0.2, 0.25) is 0 Å². The minimum absolute atomic E-state index is 0.0470. The molecule has 1 aliphatic heterocycles. The average Bonchev–Trinajstić information content (AvgIpc) is 3.26. The van der Waals surface area contributed by atoms with Gasteiger partial charge in [0.2, 0.25) is 0 Å². The molecule has 23 heavy (non-hydrogen) atoms. The molecule has 2 atom stereocenters. The molecule has 1 saturated heterocycles. The summed E-state index contributed by atoms with van der Waals surface area (Å²) in [4.78, 5) is 18.6. The molecular formula is C15H22N6O2. The van der Waals surface area contributed by atoms with Gasteiger partial charge in [-0.3, -0.25) is 15.0 Å². The summed E-state index contributed by atoms with van der Waals surface area (Å²) in [6.45, 7) is 5.24. The number of H-pyrrole nitrogens is 2. The second-order valence-corrected chi connectivity index (χ2v) is 6.21. The van der Waals surface area contributed by atoms with Crippen molar-refractivity contribution < 1.29 is 9.53 Å². The Hall–Kier alpha value is -2.22. The molecule has 3 heterocycles. The Morgan fingerprint density at radius 3 is 2.96 bits per heavy atom. The summed E-state index contributed by atoms with van der Waals surface area (Å²) in [5.74, 6) is 1.13. The van der Waals surface area contributed by atoms with Crippen LogP contribution >= 0.6 is 0 Å². The first-order valence-corrected chi connectivity index (χ1v) is 7.83. The van der Waals surface area contributed by atoms with E-state index in [0.717, 1.165) is 17.9 Å². The van der Waals surface area contributed by atoms with Gasteiger partial charge >= 0.3 is 0 Å². The second-order valence-electron chi connectivity index (χ2n) is 6.21. The Morgan fingerprint density at radius 2 is 2.26 bits per heavy atom. The van der Waals surface area contributed by atoms with Crippen LogP contribution in [0.1, 0.15) is 54.0 Å². The van der Waals surface area contributed by atoms with E-state index in [4.69, 9.17) is 4.74 Å². The van der Waals surface area contributed by atoms with Gasteiger partial charge in [-0.15, -0.1) is 0 Å². The van der Waals surface area contributed by atoms with Crippen LogP contribution in [0.25, 0.3) is 0 Å². The molecule has 2 aromatic heterocycles. The van der Waals surface area contributed by atoms with Crippen molar-refractivity contribution in [1.29, 1.82) is 0 Å². The van der Waals surface area contributed by atoms with E-state index in [0.29, 0.717) is 18.7 Å². The summed E-state index contributed by atoms with van der Waals surface area (Å²) in [6.07, 6.45) is 3.90. The van der Waals surface area contributed by atoms with Gasteiger partial charge in [0, 0.05) is 26.1 Å². The van der Waals surface area contributed by atoms with Crippen LogP contribution in [-0.2, 0) is 4.74 Å². The molecule has 0 aromatic carbocycles. The quantitative estimate of drug-likeness (QED) is 0.865. The number of nitrogens with one attached hydrogen (secondary N) is 2. The van der Waals surface area contributed by atoms with Crippen molar-refractivity contribution in [2.75, 3.05) is 20.2 Å². The summed E-state index contributed by atoms with van der Waals surface area (Å²) >= 11 is 0. The Bertz CT molecular complexity index is 651. The first-order valence-electron chi connectivity index (χ1n) is 7.83. The van der Waals surface area contributed by atoms with Crippen LogP contribution in [0.5, 0.6) is 0 Å². The molecule has 0 radical (unpaired) electrons. The fourth-order valence-corrected chi connectivity index (χ4v) is 3.00. The Kier molecular flexibility index (Phi) is 4.42. The van der Waals surface area contributed by atoms with E-state index in [1.54, 1.807) is 18.1 Å². The molecule has 8 heteroatoms. The third kappa shape index (κ3) is 3.12. The fraction of sp³-hybridized carbons (Fsp3) is 0.600. The zero-order valence-electron chi connectivity index (χ0n) is 13.6. The third-order valence-electron chi connectivity index (χ3n) is 4.27. The summed E-state index contributed by atoms with van der Waals surface area (Å²) in [6, 6.07) is 0. The lowest BCUT2D eigenvalue weighted by Crippen LogP contribution is -2.36. The van der Waals surface area contributed by atoms with Crippen molar-refractivity contribution in [3.8, 4) is 0 Å². The molecule has 3 rings (SSSR count). The zero-order valence-corrected chi connectivity index (χ0v) is 13.6. The Balaban J connectivity index is 1.70. The summed E-state index contributed by atoms with van der Waals surface area (Å²) in [5.41, 5.74) is 1.48. The number of hydrogen-bond acceptors (Lipinski definition) is 5. The molecule has 0 unspecified atom stereocenters. The van der Waals surface area contributed by atoms with Crippen molar-refractivity contribution in [3.05, 3.63) is 29.6 Å². The fourth-order valence-electron chi connectivity index (χ4n) is 3.00. The number of nitrogens with zero attached hydrogens (tertiary/aromatic N) is 4. The first-order chi connectivity index (χ1) is 11.1. The SMILES string of the molecule is CC(C)c1[nH]ncc1C(=O)N(C)C[C@H]1OCC[C@H]1c1ncn[nH]1. The smallest absolute Gasteiger partial charge is 0.257 e. The van der Waals surface area contributed by atoms with Crippen molar-refractivity contribution >= 4 is 5.91 Å². The minimum Gasteiger partial charge on any atom is -0.376 e. The molecule has 1 amide bonds. The molecule has 0 spiro atoms. The van der Waals surface area contributed by atoms with E-state index in [9.17, 15) is 4.79 Å². The molecule has 0 aliphatic carbocycles. The highest BCUT2D eigenvalue weighted by atomic mass is 16.5. The van der Waals surface area contributed by atoms with E-state index in [-0.39, 0.29) is 23.8 Å². The van der Waals surface area contributed by atoms with E-state index >= 15 is 0 Å². The maximum atomic E-state index is 12.7. The third-order valence-corrected chi connectivity index (χ3v) is 4.27. The van der Waals surface area contributed by atoms with Gasteiger partial charge < -0.3 is 9.64 Å². The van der Waals surface area contributed by atoms with Gasteiger partial charge in [0.25, 0.3) is 5.91 Å². The molecule has 1 aliphatic rings. The maximum absolute atomic E-state index is 12.7. The van der Waals surface area contributed by atoms with Gasteiger partial charge in [0.15, 0.2) is 0 Å². The van der Waals surface area contributed by atoms with Gasteiger partial charge in [-0.1, -0.05) is 13.8 Å². The predicted molar refractivity (Wildman–Crippen MR) is 83.1 cm³/mol. The molecule has 1 fully saturated rings. The summed E-state index contributed by atoms with van der Waals surface area (Å²) < 4.78 is 5.80. The lowest BCUT2D eigenvalue weighted by molar-refractivity contribution is 0.0549. The maximum Gasteiger partial charge on any atom is 0.257 e. The van der Waals surface area contributed by atoms with Crippen LogP contribution < -0.4 is 0 Å². The molecule has 2 N–H and O–H groups in total. The predicted octanol–water partition coefficient (Wildman–Crippen LogP) is 1.30. The highest BCUT2D eigenvalue weighted by Crippen LogP contribution is 2.29. The number of aromatic nitrogens is 5. The minimum atomic E-state index is -0.0775. The van der Waals surface area contributed by atoms with Gasteiger partial charge in [-0.25, -0.2) is 4.98 Å². The lowest BCUT2D eigenvalue weighted by Gasteiger charge is -2.24. The summed E-state index contributed by atoms with van der Waals surface area (Å²) in [5, 5.41) is 13.7. The average molecular weight is 318 g/mol. The highest BCUT2D eigenvalue weighted by molar-refractivity contribution is 5.95. The number of carbonyl (C=O) groups is 1. The highest BCUT2D eigenvalue weighted by Gasteiger charge is 2.34. The van der Waals surface area contributed by atoms with Gasteiger partial charge in [0.05, 0.1) is 23.6 Å². The number of ether oxygens (including phenoxy) is 1. The van der Waals surface area contributed by atoms with Crippen LogP contribution in [0, 0.1) is 0 Å². The number of hydrogen-bond donors (Lipinski definition) is 2. The monoisotopic (exact) mass is 318 g/mol. The molecular weight excluding hydrogens is 296 g/mol. The largest absolute Gasteiger partial charge is 0.376 e. The number of amides is 1. The van der Waals surface area contributed by atoms with Gasteiger partial charge in [-0.05, 0) is 12.3 Å². The van der Waals surface area contributed by atoms with E-state index < -0.39 is 0 Å². The summed E-state index contributed by atoms with van der Waals surface area (Å²) in [7, 11) is 1.79. The molecule has 0 bridgehead atoms. The van der Waals surface area contributed by atoms with Crippen LogP contribution in [-0.4, -0.2) is 62.5 Å². The molecule has 8 nitrogen and oxygen atoms in total. The van der Waals surface area contributed by atoms with Crippen molar-refractivity contribution in [1.82, 2.24) is 30.3 Å². The van der Waals surface area contributed by atoms with Crippen molar-refractivity contribution in [2.45, 2.75) is 38.2 Å². The van der Waals surface area contributed by atoms with E-state index in [1.165, 1.54) is 6.33 Å². The van der Waals surface area contributed by atoms with Crippen molar-refractivity contribution in [2.24, 2.45) is 0 Å². The number of aromatic amines is 2. The topological polar surface area (TPSA) is 99.8 Å². The van der Waals surface area contributed by atoms with Crippen LogP contribution in [0.15, 0.2) is 12.5 Å². The molecule has 2 aromatic rings. The standard InChI is InChI=1S/C15H22N6O2/c1-9(2)13-11(6-17-19-13)15(22)21(3)7-12-10(4-5-23-12)14-16-8-18-20-14/h6,8-10,12H,4-5,7H2,1-3H3,(H,17,19)(H,16,18,20)/t10-,12-/m1/s1. The van der Waals surface area contributed by atoms with Crippen molar-refractivity contribution in [3.63, 3.8) is 0 Å². The lowest BCUT2D eigenvalue weighted by atomic mass is 10.00. The van der Waals surface area contributed by atoms with Crippen LogP contribution in [0.4, 0.5) is 0 Å². The second kappa shape index (κ2) is 6.49. The molecule has 0 saturated carbocycles. The van der Waals surface area contributed by atoms with Gasteiger partial charge in [-0.2, -0.15) is 10.2 Å². The number of rotatable bonds is 5. The normalized spacial score (nSPS) is 21.0. The molecule has 124 valence electrons. The zero-order chi connectivity index (χ0) is 16.4. The van der Waals surface area contributed by atoms with Crippen LogP contribution in [0.3, 0.4) is 0 Å². The Labute approximate surface area is 134 Å².